The Morgan fingerprint density at radius 3 is 2.64 bits per heavy atom. The number of carbonyl (C=O) groups is 2. The summed E-state index contributed by atoms with van der Waals surface area (Å²) < 4.78 is 0.376. The van der Waals surface area contributed by atoms with Crippen molar-refractivity contribution >= 4 is 41.5 Å². The van der Waals surface area contributed by atoms with Crippen molar-refractivity contribution in [3.8, 4) is 0 Å². The number of hydrogen-bond donors (Lipinski definition) is 2. The van der Waals surface area contributed by atoms with E-state index >= 15 is 0 Å². The normalized spacial score (nSPS) is 10.2. The largest absolute Gasteiger partial charge is 0.545 e. The molecule has 0 saturated carbocycles. The molecule has 1 heterocycles. The lowest BCUT2D eigenvalue weighted by Crippen LogP contribution is -2.22. The van der Waals surface area contributed by atoms with Crippen molar-refractivity contribution in [2.24, 2.45) is 0 Å². The zero-order chi connectivity index (χ0) is 16.1. The number of nitrogens with one attached hydrogen (secondary N) is 2. The van der Waals surface area contributed by atoms with Crippen molar-refractivity contribution in [3.63, 3.8) is 0 Å². The Balaban J connectivity index is 1.92. The Morgan fingerprint density at radius 1 is 1.36 bits per heavy atom. The van der Waals surface area contributed by atoms with Crippen LogP contribution in [0.2, 0.25) is 0 Å². The maximum Gasteiger partial charge on any atom is 0.234 e. The number of aryl methyl sites for hydroxylation is 1. The van der Waals surface area contributed by atoms with Crippen LogP contribution in [0.1, 0.15) is 16.1 Å². The highest BCUT2D eigenvalue weighted by Crippen LogP contribution is 2.16. The third kappa shape index (κ3) is 4.68. The molecule has 6 nitrogen and oxygen atoms in total. The molecule has 1 aromatic heterocycles. The van der Waals surface area contributed by atoms with E-state index in [-0.39, 0.29) is 17.2 Å². The molecule has 2 N–H and O–H groups in total. The molecule has 0 spiro atoms. The van der Waals surface area contributed by atoms with Gasteiger partial charge in [-0.3, -0.25) is 4.79 Å². The molecule has 1 amide bonds. The minimum Gasteiger partial charge on any atom is -0.545 e. The number of anilines is 1. The number of carboxylic acid groups (broad SMARTS) is 1. The number of carbonyl (C=O) groups excluding carboxylic acids is 2. The smallest absolute Gasteiger partial charge is 0.234 e. The molecule has 0 radical (unpaired) electrons. The second-order valence-corrected chi connectivity index (χ2v) is 5.79. The number of nitrogens with zero attached hydrogens (tertiary/aromatic N) is 1. The molecule has 0 fully saturated rings. The van der Waals surface area contributed by atoms with Crippen molar-refractivity contribution in [3.05, 3.63) is 46.4 Å². The van der Waals surface area contributed by atoms with Gasteiger partial charge >= 0.3 is 0 Å². The fourth-order valence-corrected chi connectivity index (χ4v) is 2.73. The molecule has 2 rings (SSSR count). The van der Waals surface area contributed by atoms with Crippen LogP contribution in [0, 0.1) is 11.7 Å². The van der Waals surface area contributed by atoms with Gasteiger partial charge in [0, 0.05) is 11.4 Å². The summed E-state index contributed by atoms with van der Waals surface area (Å²) in [6.45, 7) is 1.86. The molecule has 2 aromatic rings. The molecule has 114 valence electrons. The summed E-state index contributed by atoms with van der Waals surface area (Å²) in [5.74, 6) is -1.30. The number of hydrogen-bond acceptors (Lipinski definition) is 6. The Labute approximate surface area is 136 Å². The van der Waals surface area contributed by atoms with Crippen LogP contribution >= 0.6 is 24.0 Å². The lowest BCUT2D eigenvalue weighted by atomic mass is 10.2. The molecule has 0 aliphatic heterocycles. The summed E-state index contributed by atoms with van der Waals surface area (Å²) in [5.41, 5.74) is 1.46. The zero-order valence-corrected chi connectivity index (χ0v) is 13.2. The number of amides is 1. The molecular formula is C14H12N3O3S2-. The summed E-state index contributed by atoms with van der Waals surface area (Å²) in [6, 6.07) is 7.57. The zero-order valence-electron chi connectivity index (χ0n) is 11.6. The number of H-pyrrole nitrogens is 1. The van der Waals surface area contributed by atoms with Crippen molar-refractivity contribution in [1.82, 2.24) is 9.97 Å². The van der Waals surface area contributed by atoms with Gasteiger partial charge in [0.1, 0.15) is 5.03 Å². The SMILES string of the molecule is Cc1cc(SCC(=O)Nc2ccc(C(=O)[O-])cc2)nc(=S)[nH]1. The van der Waals surface area contributed by atoms with Crippen molar-refractivity contribution in [2.45, 2.75) is 11.9 Å². The Morgan fingerprint density at radius 2 is 2.05 bits per heavy atom. The van der Waals surface area contributed by atoms with Crippen LogP contribution in [-0.4, -0.2) is 27.6 Å². The predicted octanol–water partition coefficient (Wildman–Crippen LogP) is 1.54. The molecule has 0 unspecified atom stereocenters. The minimum atomic E-state index is -1.25. The maximum atomic E-state index is 11.9. The second kappa shape index (κ2) is 7.19. The molecular weight excluding hydrogens is 322 g/mol. The van der Waals surface area contributed by atoms with E-state index in [1.807, 2.05) is 13.0 Å². The highest BCUT2D eigenvalue weighted by Gasteiger charge is 2.05. The number of aromatic amines is 1. The summed E-state index contributed by atoms with van der Waals surface area (Å²) in [7, 11) is 0. The van der Waals surface area contributed by atoms with Crippen molar-refractivity contribution in [1.29, 1.82) is 0 Å². The van der Waals surface area contributed by atoms with Crippen LogP contribution in [-0.2, 0) is 4.79 Å². The van der Waals surface area contributed by atoms with Crippen LogP contribution in [0.5, 0.6) is 0 Å². The van der Waals surface area contributed by atoms with Gasteiger partial charge in [0.05, 0.1) is 11.7 Å². The third-order valence-electron chi connectivity index (χ3n) is 2.61. The van der Waals surface area contributed by atoms with Gasteiger partial charge in [-0.2, -0.15) is 0 Å². The fourth-order valence-electron chi connectivity index (χ4n) is 1.65. The van der Waals surface area contributed by atoms with Crippen LogP contribution in [0.4, 0.5) is 5.69 Å². The Bertz CT molecular complexity index is 757. The molecule has 0 aliphatic carbocycles. The quantitative estimate of drug-likeness (QED) is 0.489. The van der Waals surface area contributed by atoms with Gasteiger partial charge in [-0.15, -0.1) is 0 Å². The summed E-state index contributed by atoms with van der Waals surface area (Å²) in [6.07, 6.45) is 0. The fraction of sp³-hybridized carbons (Fsp3) is 0.143. The van der Waals surface area contributed by atoms with Gasteiger partial charge in [0.25, 0.3) is 0 Å². The van der Waals surface area contributed by atoms with Crippen LogP contribution in [0.25, 0.3) is 0 Å². The third-order valence-corrected chi connectivity index (χ3v) is 3.72. The minimum absolute atomic E-state index is 0.0607. The number of benzene rings is 1. The van der Waals surface area contributed by atoms with E-state index in [0.717, 1.165) is 5.69 Å². The maximum absolute atomic E-state index is 11.9. The van der Waals surface area contributed by atoms with E-state index in [1.54, 1.807) is 0 Å². The van der Waals surface area contributed by atoms with Gasteiger partial charge in [-0.25, -0.2) is 4.98 Å². The summed E-state index contributed by atoms with van der Waals surface area (Å²) >= 11 is 6.24. The van der Waals surface area contributed by atoms with E-state index in [9.17, 15) is 14.7 Å². The second-order valence-electron chi connectivity index (χ2n) is 4.41. The van der Waals surface area contributed by atoms with Gasteiger partial charge in [-0.1, -0.05) is 23.9 Å². The predicted molar refractivity (Wildman–Crippen MR) is 84.3 cm³/mol. The van der Waals surface area contributed by atoms with E-state index in [2.05, 4.69) is 15.3 Å². The van der Waals surface area contributed by atoms with E-state index in [1.165, 1.54) is 36.0 Å². The van der Waals surface area contributed by atoms with Gasteiger partial charge < -0.3 is 20.2 Å². The molecule has 0 saturated heterocycles. The average Bonchev–Trinajstić information content (AvgIpc) is 2.45. The van der Waals surface area contributed by atoms with Gasteiger partial charge in [-0.05, 0) is 42.9 Å². The van der Waals surface area contributed by atoms with Gasteiger partial charge in [0.15, 0.2) is 4.77 Å². The Kier molecular flexibility index (Phi) is 5.29. The van der Waals surface area contributed by atoms with Crippen LogP contribution < -0.4 is 10.4 Å². The molecule has 0 bridgehead atoms. The lowest BCUT2D eigenvalue weighted by Gasteiger charge is -2.07. The van der Waals surface area contributed by atoms with Gasteiger partial charge in [0.2, 0.25) is 5.91 Å². The van der Waals surface area contributed by atoms with Crippen molar-refractivity contribution in [2.75, 3.05) is 11.1 Å². The van der Waals surface area contributed by atoms with Crippen molar-refractivity contribution < 1.29 is 14.7 Å². The monoisotopic (exact) mass is 334 g/mol. The molecule has 8 heteroatoms. The van der Waals surface area contributed by atoms with E-state index < -0.39 is 5.97 Å². The molecule has 0 atom stereocenters. The number of thioether (sulfide) groups is 1. The van der Waals surface area contributed by atoms with E-state index in [4.69, 9.17) is 12.2 Å². The Hall–Kier alpha value is -2.19. The first-order valence-electron chi connectivity index (χ1n) is 6.26. The highest BCUT2D eigenvalue weighted by atomic mass is 32.2. The standard InChI is InChI=1S/C14H13N3O3S2/c1-8-6-12(17-14(21)15-8)22-7-11(18)16-10-4-2-9(3-5-10)13(19)20/h2-6H,7H2,1H3,(H,16,18)(H,19,20)(H,15,17,21)/p-1. The number of carboxylic acids is 1. The first kappa shape index (κ1) is 16.2. The number of rotatable bonds is 5. The summed E-state index contributed by atoms with van der Waals surface area (Å²) in [4.78, 5) is 29.5. The number of aromatic nitrogens is 2. The summed E-state index contributed by atoms with van der Waals surface area (Å²) in [5, 5.41) is 14.0. The molecule has 22 heavy (non-hydrogen) atoms. The lowest BCUT2D eigenvalue weighted by molar-refractivity contribution is -0.255. The van der Waals surface area contributed by atoms with E-state index in [0.29, 0.717) is 15.5 Å². The molecule has 0 aliphatic rings. The van der Waals surface area contributed by atoms with Crippen LogP contribution in [0.3, 0.4) is 0 Å². The topological polar surface area (TPSA) is 97.9 Å². The molecule has 1 aromatic carbocycles. The average molecular weight is 334 g/mol. The first-order valence-corrected chi connectivity index (χ1v) is 7.65. The highest BCUT2D eigenvalue weighted by molar-refractivity contribution is 7.99. The number of aromatic carboxylic acids is 1. The van der Waals surface area contributed by atoms with Crippen LogP contribution in [0.15, 0.2) is 35.4 Å². The first-order chi connectivity index (χ1) is 10.4.